The molecule has 1 saturated heterocycles. The smallest absolute Gasteiger partial charge is 0.223 e. The normalized spacial score (nSPS) is 15.2. The van der Waals surface area contributed by atoms with E-state index in [2.05, 4.69) is 20.0 Å². The minimum absolute atomic E-state index is 0.218. The number of hydrogen-bond acceptors (Lipinski definition) is 6. The highest BCUT2D eigenvalue weighted by Gasteiger charge is 2.20. The Morgan fingerprint density at radius 3 is 2.59 bits per heavy atom. The fraction of sp³-hybridized carbons (Fsp3) is 0.467. The van der Waals surface area contributed by atoms with Gasteiger partial charge in [0.15, 0.2) is 0 Å². The van der Waals surface area contributed by atoms with Gasteiger partial charge in [-0.05, 0) is 12.1 Å². The Labute approximate surface area is 128 Å². The van der Waals surface area contributed by atoms with Gasteiger partial charge in [-0.25, -0.2) is 4.98 Å². The summed E-state index contributed by atoms with van der Waals surface area (Å²) in [4.78, 5) is 24.4. The largest absolute Gasteiger partial charge is 0.353 e. The van der Waals surface area contributed by atoms with Gasteiger partial charge in [-0.2, -0.15) is 4.98 Å². The summed E-state index contributed by atoms with van der Waals surface area (Å²) in [6.45, 7) is 6.77. The number of carbonyl (C=O) groups excluding carboxylic acids is 1. The monoisotopic (exact) mass is 301 g/mol. The van der Waals surface area contributed by atoms with Crippen molar-refractivity contribution in [3.63, 3.8) is 0 Å². The van der Waals surface area contributed by atoms with Gasteiger partial charge in [-0.1, -0.05) is 12.1 Å². The number of carbonyl (C=O) groups is 1. The van der Waals surface area contributed by atoms with Gasteiger partial charge in [0.1, 0.15) is 5.82 Å². The molecule has 2 aromatic rings. The van der Waals surface area contributed by atoms with Crippen molar-refractivity contribution < 1.29 is 9.32 Å². The molecule has 1 amide bonds. The number of aryl methyl sites for hydroxylation is 1. The van der Waals surface area contributed by atoms with Crippen molar-refractivity contribution in [1.82, 2.24) is 20.0 Å². The highest BCUT2D eigenvalue weighted by molar-refractivity contribution is 5.76. The van der Waals surface area contributed by atoms with Crippen LogP contribution in [0.3, 0.4) is 0 Å². The third kappa shape index (κ3) is 2.93. The van der Waals surface area contributed by atoms with Crippen molar-refractivity contribution in [3.05, 3.63) is 24.2 Å². The maximum Gasteiger partial charge on any atom is 0.223 e. The number of pyridine rings is 1. The summed E-state index contributed by atoms with van der Waals surface area (Å²) in [6.07, 6.45) is 2.32. The molecule has 1 aliphatic rings. The molecule has 0 aromatic carbocycles. The Balaban J connectivity index is 1.65. The summed E-state index contributed by atoms with van der Waals surface area (Å²) in [6, 6.07) is 3.90. The summed E-state index contributed by atoms with van der Waals surface area (Å²) in [5.41, 5.74) is 0.834. The van der Waals surface area contributed by atoms with Gasteiger partial charge >= 0.3 is 0 Å². The Bertz CT molecular complexity index is 644. The van der Waals surface area contributed by atoms with Crippen LogP contribution in [0, 0.1) is 6.92 Å². The van der Waals surface area contributed by atoms with Crippen LogP contribution < -0.4 is 4.90 Å². The van der Waals surface area contributed by atoms with Gasteiger partial charge in [0.05, 0.1) is 0 Å². The van der Waals surface area contributed by atoms with E-state index in [1.807, 2.05) is 24.0 Å². The standard InChI is InChI=1S/C15H19N5O2/c1-3-14(21)20-8-6-19(7-9-20)13-5-4-12(10-16-13)15-17-11(2)22-18-15/h4-5,10H,3,6-9H2,1-2H3. The molecule has 116 valence electrons. The lowest BCUT2D eigenvalue weighted by Crippen LogP contribution is -2.48. The Kier molecular flexibility index (Phi) is 4.04. The first kappa shape index (κ1) is 14.5. The average Bonchev–Trinajstić information content (AvgIpc) is 3.01. The van der Waals surface area contributed by atoms with Crippen LogP contribution in [0.2, 0.25) is 0 Å². The first-order chi connectivity index (χ1) is 10.7. The van der Waals surface area contributed by atoms with Crippen molar-refractivity contribution in [2.75, 3.05) is 31.1 Å². The number of aromatic nitrogens is 3. The Morgan fingerprint density at radius 2 is 2.05 bits per heavy atom. The van der Waals surface area contributed by atoms with Crippen molar-refractivity contribution in [1.29, 1.82) is 0 Å². The van der Waals surface area contributed by atoms with E-state index in [4.69, 9.17) is 4.52 Å². The molecular weight excluding hydrogens is 282 g/mol. The second kappa shape index (κ2) is 6.13. The quantitative estimate of drug-likeness (QED) is 0.855. The predicted octanol–water partition coefficient (Wildman–Crippen LogP) is 1.50. The maximum absolute atomic E-state index is 11.7. The molecule has 1 fully saturated rings. The molecule has 0 radical (unpaired) electrons. The topological polar surface area (TPSA) is 75.4 Å². The molecule has 0 saturated carbocycles. The van der Waals surface area contributed by atoms with Crippen LogP contribution in [-0.4, -0.2) is 52.1 Å². The zero-order valence-corrected chi connectivity index (χ0v) is 12.8. The number of piperazine rings is 1. The maximum atomic E-state index is 11.7. The molecule has 0 atom stereocenters. The number of anilines is 1. The molecule has 0 unspecified atom stereocenters. The number of rotatable bonds is 3. The van der Waals surface area contributed by atoms with Crippen LogP contribution in [-0.2, 0) is 4.79 Å². The molecule has 3 rings (SSSR count). The third-order valence-corrected chi connectivity index (χ3v) is 3.79. The molecule has 0 spiro atoms. The molecule has 3 heterocycles. The Morgan fingerprint density at radius 1 is 1.27 bits per heavy atom. The van der Waals surface area contributed by atoms with E-state index in [0.717, 1.165) is 37.6 Å². The summed E-state index contributed by atoms with van der Waals surface area (Å²) < 4.78 is 4.97. The molecular formula is C15H19N5O2. The second-order valence-corrected chi connectivity index (χ2v) is 5.26. The molecule has 7 nitrogen and oxygen atoms in total. The van der Waals surface area contributed by atoms with E-state index in [1.165, 1.54) is 0 Å². The summed E-state index contributed by atoms with van der Waals surface area (Å²) in [5.74, 6) is 2.22. The SMILES string of the molecule is CCC(=O)N1CCN(c2ccc(-c3noc(C)n3)cn2)CC1. The molecule has 0 aliphatic carbocycles. The van der Waals surface area contributed by atoms with E-state index in [1.54, 1.807) is 13.1 Å². The van der Waals surface area contributed by atoms with Crippen LogP contribution in [0.25, 0.3) is 11.4 Å². The van der Waals surface area contributed by atoms with E-state index in [-0.39, 0.29) is 5.91 Å². The fourth-order valence-electron chi connectivity index (χ4n) is 2.53. The van der Waals surface area contributed by atoms with Crippen LogP contribution in [0.4, 0.5) is 5.82 Å². The third-order valence-electron chi connectivity index (χ3n) is 3.79. The molecule has 0 N–H and O–H groups in total. The van der Waals surface area contributed by atoms with Gasteiger partial charge in [0, 0.05) is 51.3 Å². The van der Waals surface area contributed by atoms with E-state index in [0.29, 0.717) is 18.1 Å². The van der Waals surface area contributed by atoms with Crippen LogP contribution in [0.15, 0.2) is 22.9 Å². The molecule has 0 bridgehead atoms. The Hall–Kier alpha value is -2.44. The van der Waals surface area contributed by atoms with E-state index >= 15 is 0 Å². The van der Waals surface area contributed by atoms with Crippen molar-refractivity contribution in [2.24, 2.45) is 0 Å². The predicted molar refractivity (Wildman–Crippen MR) is 81.4 cm³/mol. The lowest BCUT2D eigenvalue weighted by atomic mass is 10.2. The van der Waals surface area contributed by atoms with E-state index < -0.39 is 0 Å². The molecule has 2 aromatic heterocycles. The minimum Gasteiger partial charge on any atom is -0.353 e. The van der Waals surface area contributed by atoms with Crippen molar-refractivity contribution >= 4 is 11.7 Å². The number of amides is 1. The fourth-order valence-corrected chi connectivity index (χ4v) is 2.53. The van der Waals surface area contributed by atoms with Gasteiger partial charge in [-0.3, -0.25) is 4.79 Å². The highest BCUT2D eigenvalue weighted by atomic mass is 16.5. The van der Waals surface area contributed by atoms with Gasteiger partial charge in [0.2, 0.25) is 17.6 Å². The molecule has 7 heteroatoms. The highest BCUT2D eigenvalue weighted by Crippen LogP contribution is 2.19. The lowest BCUT2D eigenvalue weighted by molar-refractivity contribution is -0.131. The zero-order chi connectivity index (χ0) is 15.5. The second-order valence-electron chi connectivity index (χ2n) is 5.26. The van der Waals surface area contributed by atoms with Gasteiger partial charge in [-0.15, -0.1) is 0 Å². The van der Waals surface area contributed by atoms with E-state index in [9.17, 15) is 4.79 Å². The van der Waals surface area contributed by atoms with Crippen molar-refractivity contribution in [3.8, 4) is 11.4 Å². The summed E-state index contributed by atoms with van der Waals surface area (Å²) in [5, 5.41) is 3.88. The summed E-state index contributed by atoms with van der Waals surface area (Å²) in [7, 11) is 0. The van der Waals surface area contributed by atoms with Gasteiger partial charge < -0.3 is 14.3 Å². The lowest BCUT2D eigenvalue weighted by Gasteiger charge is -2.35. The van der Waals surface area contributed by atoms with Crippen LogP contribution >= 0.6 is 0 Å². The number of hydrogen-bond donors (Lipinski definition) is 0. The van der Waals surface area contributed by atoms with Crippen molar-refractivity contribution in [2.45, 2.75) is 20.3 Å². The summed E-state index contributed by atoms with van der Waals surface area (Å²) >= 11 is 0. The molecule has 1 aliphatic heterocycles. The van der Waals surface area contributed by atoms with Crippen LogP contribution in [0.1, 0.15) is 19.2 Å². The average molecular weight is 301 g/mol. The number of nitrogens with zero attached hydrogens (tertiary/aromatic N) is 5. The first-order valence-electron chi connectivity index (χ1n) is 7.47. The first-order valence-corrected chi connectivity index (χ1v) is 7.47. The van der Waals surface area contributed by atoms with Crippen LogP contribution in [0.5, 0.6) is 0 Å². The minimum atomic E-state index is 0.218. The van der Waals surface area contributed by atoms with Gasteiger partial charge in [0.25, 0.3) is 0 Å². The molecule has 22 heavy (non-hydrogen) atoms. The zero-order valence-electron chi connectivity index (χ0n) is 12.8.